The number of halogens is 2. The molecule has 0 N–H and O–H groups in total. The van der Waals surface area contributed by atoms with Crippen molar-refractivity contribution in [2.24, 2.45) is 5.11 Å². The number of piperazine rings is 1. The summed E-state index contributed by atoms with van der Waals surface area (Å²) in [6.45, 7) is 6.61. The number of carbonyl (C=O) groups excluding carboxylic acids is 1. The van der Waals surface area contributed by atoms with Crippen molar-refractivity contribution < 1.29 is 18.7 Å². The first-order chi connectivity index (χ1) is 15.7. The summed E-state index contributed by atoms with van der Waals surface area (Å²) >= 11 is 5.87. The molecule has 2 aromatic rings. The monoisotopic (exact) mass is 478 g/mol. The minimum absolute atomic E-state index is 0.0132. The minimum atomic E-state index is -0.770. The van der Waals surface area contributed by atoms with Gasteiger partial charge in [0.15, 0.2) is 11.0 Å². The lowest BCUT2D eigenvalue weighted by Gasteiger charge is -2.42. The number of nitrogens with zero attached hydrogens (tertiary/aromatic N) is 8. The molecular formula is C20H24ClFN8O3. The molecule has 0 aliphatic carbocycles. The summed E-state index contributed by atoms with van der Waals surface area (Å²) in [4.78, 5) is 31.8. The van der Waals surface area contributed by atoms with Gasteiger partial charge in [0.25, 0.3) is 0 Å². The number of pyridine rings is 1. The van der Waals surface area contributed by atoms with Gasteiger partial charge < -0.3 is 14.4 Å². The van der Waals surface area contributed by atoms with Gasteiger partial charge in [0, 0.05) is 24.2 Å². The molecule has 11 nitrogen and oxygen atoms in total. The number of rotatable bonds is 5. The lowest BCUT2D eigenvalue weighted by Crippen LogP contribution is -2.57. The van der Waals surface area contributed by atoms with Crippen LogP contribution in [0.2, 0.25) is 5.15 Å². The Bertz CT molecular complexity index is 1110. The molecule has 2 aliphatic rings. The zero-order valence-corrected chi connectivity index (χ0v) is 19.3. The summed E-state index contributed by atoms with van der Waals surface area (Å²) in [6.07, 6.45) is 2.76. The Labute approximate surface area is 194 Å². The molecule has 2 saturated heterocycles. The summed E-state index contributed by atoms with van der Waals surface area (Å²) in [5.41, 5.74) is 7.83. The second-order valence-electron chi connectivity index (χ2n) is 8.94. The third-order valence-electron chi connectivity index (χ3n) is 5.47. The molecule has 2 bridgehead atoms. The predicted octanol–water partition coefficient (Wildman–Crippen LogP) is 4.09. The van der Waals surface area contributed by atoms with Crippen molar-refractivity contribution >= 4 is 34.4 Å². The second-order valence-corrected chi connectivity index (χ2v) is 9.29. The van der Waals surface area contributed by atoms with Gasteiger partial charge in [-0.25, -0.2) is 14.2 Å². The van der Waals surface area contributed by atoms with Gasteiger partial charge in [-0.05, 0) is 39.1 Å². The van der Waals surface area contributed by atoms with Crippen LogP contribution in [0.25, 0.3) is 21.3 Å². The van der Waals surface area contributed by atoms with Gasteiger partial charge in [-0.1, -0.05) is 16.7 Å². The fourth-order valence-electron chi connectivity index (χ4n) is 4.22. The number of amides is 1. The molecule has 4 heterocycles. The highest BCUT2D eigenvalue weighted by atomic mass is 35.5. The highest BCUT2D eigenvalue weighted by Crippen LogP contribution is 2.36. The minimum Gasteiger partial charge on any atom is -0.463 e. The first-order valence-electron chi connectivity index (χ1n) is 10.6. The molecule has 2 aliphatic heterocycles. The third-order valence-corrected chi connectivity index (χ3v) is 5.74. The molecule has 2 aromatic heterocycles. The third kappa shape index (κ3) is 4.81. The number of azide groups is 1. The van der Waals surface area contributed by atoms with E-state index in [9.17, 15) is 9.18 Å². The number of hydrogen-bond donors (Lipinski definition) is 0. The summed E-state index contributed by atoms with van der Waals surface area (Å²) in [5, 5.41) is 3.50. The standard InChI is InChI=1S/C20H24ClFN8O3/c1-20(2,3)33-19(31)30-11-4-5-12(30)10-29(9-11)17-13-8-24-16(21)14(22)15(13)26-18(27-17)32-7-6-25-28-23/h8,11-12H,4-7,9-10H2,1-3H3. The number of hydrogen-bond acceptors (Lipinski definition) is 8. The maximum atomic E-state index is 14.8. The highest BCUT2D eigenvalue weighted by molar-refractivity contribution is 6.30. The van der Waals surface area contributed by atoms with Crippen LogP contribution in [0.15, 0.2) is 11.3 Å². The van der Waals surface area contributed by atoms with E-state index in [0.29, 0.717) is 24.3 Å². The Hall–Kier alpha value is -3.11. The van der Waals surface area contributed by atoms with Gasteiger partial charge in [-0.2, -0.15) is 9.97 Å². The van der Waals surface area contributed by atoms with Gasteiger partial charge >= 0.3 is 12.1 Å². The van der Waals surface area contributed by atoms with E-state index in [2.05, 4.69) is 25.0 Å². The first kappa shape index (κ1) is 23.1. The smallest absolute Gasteiger partial charge is 0.410 e. The molecule has 0 aromatic carbocycles. The molecule has 2 atom stereocenters. The number of fused-ring (bicyclic) bond motifs is 3. The van der Waals surface area contributed by atoms with Crippen LogP contribution in [0.3, 0.4) is 0 Å². The predicted molar refractivity (Wildman–Crippen MR) is 119 cm³/mol. The molecule has 0 spiro atoms. The topological polar surface area (TPSA) is 129 Å². The Morgan fingerprint density at radius 1 is 1.33 bits per heavy atom. The maximum absolute atomic E-state index is 14.8. The molecule has 4 rings (SSSR count). The molecule has 33 heavy (non-hydrogen) atoms. The van der Waals surface area contributed by atoms with Crippen LogP contribution in [0.5, 0.6) is 6.01 Å². The van der Waals surface area contributed by atoms with Crippen molar-refractivity contribution in [3.05, 3.63) is 27.6 Å². The molecule has 2 unspecified atom stereocenters. The second kappa shape index (κ2) is 9.03. The lowest BCUT2D eigenvalue weighted by molar-refractivity contribution is 0.0123. The van der Waals surface area contributed by atoms with E-state index in [1.54, 1.807) is 4.90 Å². The summed E-state index contributed by atoms with van der Waals surface area (Å²) in [6, 6.07) is -0.195. The van der Waals surface area contributed by atoms with Gasteiger partial charge in [0.1, 0.15) is 16.9 Å². The van der Waals surface area contributed by atoms with Crippen molar-refractivity contribution in [3.63, 3.8) is 0 Å². The molecular weight excluding hydrogens is 455 g/mol. The number of aromatic nitrogens is 3. The average molecular weight is 479 g/mol. The van der Waals surface area contributed by atoms with Crippen molar-refractivity contribution in [1.29, 1.82) is 0 Å². The van der Waals surface area contributed by atoms with E-state index in [-0.39, 0.29) is 48.0 Å². The number of ether oxygens (including phenoxy) is 2. The average Bonchev–Trinajstić information content (AvgIpc) is 3.02. The van der Waals surface area contributed by atoms with Crippen LogP contribution < -0.4 is 9.64 Å². The maximum Gasteiger partial charge on any atom is 0.410 e. The van der Waals surface area contributed by atoms with Crippen LogP contribution in [0.1, 0.15) is 33.6 Å². The fraction of sp³-hybridized carbons (Fsp3) is 0.600. The molecule has 0 radical (unpaired) electrons. The highest BCUT2D eigenvalue weighted by Gasteiger charge is 2.45. The van der Waals surface area contributed by atoms with Crippen LogP contribution in [-0.2, 0) is 4.74 Å². The zero-order chi connectivity index (χ0) is 23.8. The number of carbonyl (C=O) groups is 1. The van der Waals surface area contributed by atoms with Gasteiger partial charge in [-0.3, -0.25) is 4.90 Å². The first-order valence-corrected chi connectivity index (χ1v) is 11.0. The van der Waals surface area contributed by atoms with E-state index in [4.69, 9.17) is 26.6 Å². The Balaban J connectivity index is 1.65. The molecule has 13 heteroatoms. The molecule has 1 amide bonds. The Morgan fingerprint density at radius 3 is 2.67 bits per heavy atom. The van der Waals surface area contributed by atoms with E-state index in [0.717, 1.165) is 12.8 Å². The summed E-state index contributed by atoms with van der Waals surface area (Å²) in [7, 11) is 0. The van der Waals surface area contributed by atoms with Gasteiger partial charge in [0.2, 0.25) is 0 Å². The lowest BCUT2D eigenvalue weighted by atomic mass is 10.1. The van der Waals surface area contributed by atoms with Crippen LogP contribution in [-0.4, -0.2) is 69.9 Å². The van der Waals surface area contributed by atoms with Crippen molar-refractivity contribution in [2.75, 3.05) is 31.1 Å². The zero-order valence-electron chi connectivity index (χ0n) is 18.5. The molecule has 176 valence electrons. The van der Waals surface area contributed by atoms with Crippen molar-refractivity contribution in [3.8, 4) is 6.01 Å². The quantitative estimate of drug-likeness (QED) is 0.208. The van der Waals surface area contributed by atoms with Gasteiger partial charge in [-0.15, -0.1) is 0 Å². The molecule has 2 fully saturated rings. The Kier molecular flexibility index (Phi) is 6.31. The van der Waals surface area contributed by atoms with Crippen molar-refractivity contribution in [2.45, 2.75) is 51.3 Å². The van der Waals surface area contributed by atoms with Crippen LogP contribution in [0, 0.1) is 5.82 Å². The van der Waals surface area contributed by atoms with Crippen LogP contribution in [0.4, 0.5) is 15.0 Å². The normalized spacial score (nSPS) is 20.0. The SMILES string of the molecule is CC(C)(C)OC(=O)N1C2CCC1CN(c1nc(OCCN=[N+]=[N-])nc3c(F)c(Cl)ncc13)C2. The van der Waals surface area contributed by atoms with Crippen LogP contribution >= 0.6 is 11.6 Å². The van der Waals surface area contributed by atoms with E-state index in [1.807, 2.05) is 25.7 Å². The molecule has 0 saturated carbocycles. The largest absolute Gasteiger partial charge is 0.463 e. The fourth-order valence-corrected chi connectivity index (χ4v) is 4.35. The van der Waals surface area contributed by atoms with E-state index in [1.165, 1.54) is 6.20 Å². The van der Waals surface area contributed by atoms with Crippen molar-refractivity contribution in [1.82, 2.24) is 19.9 Å². The summed E-state index contributed by atoms with van der Waals surface area (Å²) in [5.74, 6) is -0.323. The number of anilines is 1. The Morgan fingerprint density at radius 2 is 2.03 bits per heavy atom. The van der Waals surface area contributed by atoms with E-state index < -0.39 is 11.4 Å². The summed E-state index contributed by atoms with van der Waals surface area (Å²) < 4.78 is 25.9. The van der Waals surface area contributed by atoms with Gasteiger partial charge in [0.05, 0.1) is 30.6 Å². The van der Waals surface area contributed by atoms with E-state index >= 15 is 0 Å².